The van der Waals surface area contributed by atoms with Crippen LogP contribution in [0.1, 0.15) is 24.6 Å². The van der Waals surface area contributed by atoms with E-state index in [1.165, 1.54) is 0 Å². The average Bonchev–Trinajstić information content (AvgIpc) is 2.60. The van der Waals surface area contributed by atoms with Crippen molar-refractivity contribution in [1.82, 2.24) is 10.2 Å². The summed E-state index contributed by atoms with van der Waals surface area (Å²) in [6.45, 7) is 2.29. The standard InChI is InChI=1S/C10H13BrN2O2/c1-2-15-10(14)6-3-4-8-7(5-6)9(11)13-12-8/h6H,2-5H2,1H3,(H,12,13). The number of aromatic amines is 1. The summed E-state index contributed by atoms with van der Waals surface area (Å²) < 4.78 is 5.85. The van der Waals surface area contributed by atoms with Crippen molar-refractivity contribution in [2.24, 2.45) is 5.92 Å². The first-order valence-corrected chi connectivity index (χ1v) is 5.90. The van der Waals surface area contributed by atoms with Gasteiger partial charge in [0.05, 0.1) is 12.5 Å². The molecule has 0 aliphatic heterocycles. The fourth-order valence-corrected chi connectivity index (χ4v) is 2.41. The van der Waals surface area contributed by atoms with Crippen molar-refractivity contribution in [3.8, 4) is 0 Å². The minimum Gasteiger partial charge on any atom is -0.466 e. The molecule has 0 amide bonds. The van der Waals surface area contributed by atoms with Crippen LogP contribution >= 0.6 is 15.9 Å². The third-order valence-electron chi connectivity index (χ3n) is 2.72. The number of nitrogens with zero attached hydrogens (tertiary/aromatic N) is 1. The summed E-state index contributed by atoms with van der Waals surface area (Å²) in [6, 6.07) is 0. The van der Waals surface area contributed by atoms with Crippen molar-refractivity contribution < 1.29 is 9.53 Å². The van der Waals surface area contributed by atoms with Crippen LogP contribution in [0.5, 0.6) is 0 Å². The second-order valence-corrected chi connectivity index (χ2v) is 4.41. The second-order valence-electron chi connectivity index (χ2n) is 3.66. The predicted octanol–water partition coefficient (Wildman–Crippen LogP) is 1.84. The summed E-state index contributed by atoms with van der Waals surface area (Å²) in [5.74, 6) is -0.0948. The van der Waals surface area contributed by atoms with E-state index in [1.54, 1.807) is 0 Å². The summed E-state index contributed by atoms with van der Waals surface area (Å²) in [4.78, 5) is 11.6. The molecule has 1 N–H and O–H groups in total. The van der Waals surface area contributed by atoms with E-state index in [2.05, 4.69) is 26.1 Å². The lowest BCUT2D eigenvalue weighted by molar-refractivity contribution is -0.148. The van der Waals surface area contributed by atoms with Gasteiger partial charge in [0.15, 0.2) is 0 Å². The number of hydrogen-bond acceptors (Lipinski definition) is 3. The molecular weight excluding hydrogens is 260 g/mol. The molecule has 1 aliphatic carbocycles. The molecule has 4 nitrogen and oxygen atoms in total. The molecule has 0 spiro atoms. The van der Waals surface area contributed by atoms with Crippen LogP contribution in [0.3, 0.4) is 0 Å². The molecule has 82 valence electrons. The van der Waals surface area contributed by atoms with Crippen molar-refractivity contribution in [2.75, 3.05) is 6.61 Å². The van der Waals surface area contributed by atoms with Crippen LogP contribution in [0.4, 0.5) is 0 Å². The monoisotopic (exact) mass is 272 g/mol. The molecule has 15 heavy (non-hydrogen) atoms. The lowest BCUT2D eigenvalue weighted by Gasteiger charge is -2.19. The number of aryl methyl sites for hydroxylation is 1. The molecule has 1 heterocycles. The maximum Gasteiger partial charge on any atom is 0.309 e. The Morgan fingerprint density at radius 2 is 2.53 bits per heavy atom. The lowest BCUT2D eigenvalue weighted by atomic mass is 9.88. The largest absolute Gasteiger partial charge is 0.466 e. The lowest BCUT2D eigenvalue weighted by Crippen LogP contribution is -2.24. The van der Waals surface area contributed by atoms with E-state index in [-0.39, 0.29) is 11.9 Å². The molecule has 0 radical (unpaired) electrons. The van der Waals surface area contributed by atoms with Gasteiger partial charge in [-0.2, -0.15) is 5.10 Å². The Balaban J connectivity index is 2.11. The van der Waals surface area contributed by atoms with Crippen molar-refractivity contribution in [1.29, 1.82) is 0 Å². The fraction of sp³-hybridized carbons (Fsp3) is 0.600. The molecule has 0 saturated heterocycles. The first-order chi connectivity index (χ1) is 7.22. The zero-order chi connectivity index (χ0) is 10.8. The van der Waals surface area contributed by atoms with Gasteiger partial charge >= 0.3 is 5.97 Å². The highest BCUT2D eigenvalue weighted by atomic mass is 79.9. The average molecular weight is 273 g/mol. The van der Waals surface area contributed by atoms with Crippen molar-refractivity contribution in [3.63, 3.8) is 0 Å². The number of fused-ring (bicyclic) bond motifs is 1. The summed E-state index contributed by atoms with van der Waals surface area (Å²) >= 11 is 3.37. The van der Waals surface area contributed by atoms with Crippen molar-refractivity contribution in [2.45, 2.75) is 26.2 Å². The maximum atomic E-state index is 11.6. The van der Waals surface area contributed by atoms with E-state index in [1.807, 2.05) is 6.92 Å². The smallest absolute Gasteiger partial charge is 0.309 e. The van der Waals surface area contributed by atoms with Gasteiger partial charge in [-0.05, 0) is 42.1 Å². The number of rotatable bonds is 2. The van der Waals surface area contributed by atoms with E-state index in [4.69, 9.17) is 4.74 Å². The molecule has 0 fully saturated rings. The van der Waals surface area contributed by atoms with Crippen LogP contribution < -0.4 is 0 Å². The van der Waals surface area contributed by atoms with Crippen molar-refractivity contribution in [3.05, 3.63) is 15.9 Å². The maximum absolute atomic E-state index is 11.6. The zero-order valence-corrected chi connectivity index (χ0v) is 10.1. The normalized spacial score (nSPS) is 19.7. The Bertz CT molecular complexity index is 375. The van der Waals surface area contributed by atoms with Gasteiger partial charge in [0.2, 0.25) is 0 Å². The molecule has 1 unspecified atom stereocenters. The highest BCUT2D eigenvalue weighted by Crippen LogP contribution is 2.29. The SMILES string of the molecule is CCOC(=O)C1CCc2[nH]nc(Br)c2C1. The quantitative estimate of drug-likeness (QED) is 0.836. The number of carbonyl (C=O) groups is 1. The minimum atomic E-state index is -0.0868. The van der Waals surface area contributed by atoms with E-state index in [0.29, 0.717) is 6.61 Å². The number of carbonyl (C=O) groups excluding carboxylic acids is 1. The summed E-state index contributed by atoms with van der Waals surface area (Å²) in [7, 11) is 0. The van der Waals surface area contributed by atoms with Gasteiger partial charge in [-0.1, -0.05) is 0 Å². The second kappa shape index (κ2) is 4.35. The van der Waals surface area contributed by atoms with Crippen LogP contribution in [-0.2, 0) is 22.4 Å². The highest BCUT2D eigenvalue weighted by molar-refractivity contribution is 9.10. The van der Waals surface area contributed by atoms with E-state index >= 15 is 0 Å². The molecule has 1 aromatic heterocycles. The highest BCUT2D eigenvalue weighted by Gasteiger charge is 2.28. The van der Waals surface area contributed by atoms with Gasteiger partial charge in [-0.15, -0.1) is 0 Å². The number of nitrogens with one attached hydrogen (secondary N) is 1. The Labute approximate surface area is 96.5 Å². The Kier molecular flexibility index (Phi) is 3.09. The fourth-order valence-electron chi connectivity index (χ4n) is 1.92. The zero-order valence-electron chi connectivity index (χ0n) is 8.55. The van der Waals surface area contributed by atoms with Gasteiger partial charge in [0.25, 0.3) is 0 Å². The van der Waals surface area contributed by atoms with Crippen LogP contribution in [0.15, 0.2) is 4.60 Å². The predicted molar refractivity (Wildman–Crippen MR) is 58.4 cm³/mol. The topological polar surface area (TPSA) is 55.0 Å². The van der Waals surface area contributed by atoms with Gasteiger partial charge in [-0.3, -0.25) is 9.89 Å². The molecule has 1 aromatic rings. The van der Waals surface area contributed by atoms with Crippen LogP contribution in [0, 0.1) is 5.92 Å². The molecule has 1 aliphatic rings. The molecule has 2 rings (SSSR count). The van der Waals surface area contributed by atoms with Crippen molar-refractivity contribution >= 4 is 21.9 Å². The van der Waals surface area contributed by atoms with E-state index in [0.717, 1.165) is 35.1 Å². The minimum absolute atomic E-state index is 0.00801. The molecule has 0 aromatic carbocycles. The number of esters is 1. The molecule has 1 atom stereocenters. The third-order valence-corrected chi connectivity index (χ3v) is 3.37. The molecule has 5 heteroatoms. The van der Waals surface area contributed by atoms with Crippen LogP contribution in [0.2, 0.25) is 0 Å². The molecule has 0 saturated carbocycles. The van der Waals surface area contributed by atoms with Crippen LogP contribution in [0.25, 0.3) is 0 Å². The van der Waals surface area contributed by atoms with Gasteiger partial charge in [0, 0.05) is 11.3 Å². The summed E-state index contributed by atoms with van der Waals surface area (Å²) in [5.41, 5.74) is 2.27. The number of ether oxygens (including phenoxy) is 1. The first-order valence-electron chi connectivity index (χ1n) is 5.10. The number of H-pyrrole nitrogens is 1. The summed E-state index contributed by atoms with van der Waals surface area (Å²) in [6.07, 6.45) is 2.45. The number of aromatic nitrogens is 2. The van der Waals surface area contributed by atoms with Gasteiger partial charge in [-0.25, -0.2) is 0 Å². The van der Waals surface area contributed by atoms with Gasteiger partial charge in [0.1, 0.15) is 4.60 Å². The van der Waals surface area contributed by atoms with E-state index in [9.17, 15) is 4.79 Å². The number of hydrogen-bond donors (Lipinski definition) is 1. The Hall–Kier alpha value is -0.840. The third kappa shape index (κ3) is 2.07. The molecular formula is C10H13BrN2O2. The number of halogens is 1. The summed E-state index contributed by atoms with van der Waals surface area (Å²) in [5, 5.41) is 7.05. The molecule has 0 bridgehead atoms. The van der Waals surface area contributed by atoms with E-state index < -0.39 is 0 Å². The Morgan fingerprint density at radius 3 is 3.27 bits per heavy atom. The van der Waals surface area contributed by atoms with Gasteiger partial charge < -0.3 is 4.74 Å². The first kappa shape index (κ1) is 10.7. The Morgan fingerprint density at radius 1 is 1.73 bits per heavy atom. The van der Waals surface area contributed by atoms with Crippen LogP contribution in [-0.4, -0.2) is 22.8 Å².